The van der Waals surface area contributed by atoms with Gasteiger partial charge in [-0.15, -0.1) is 5.56 Å². The quantitative estimate of drug-likeness (QED) is 0.286. The molecule has 0 amide bonds. The van der Waals surface area contributed by atoms with Crippen molar-refractivity contribution in [3.8, 4) is 0 Å². The van der Waals surface area contributed by atoms with Crippen molar-refractivity contribution in [3.05, 3.63) is 59.7 Å². The molecule has 0 aliphatic rings. The molecule has 2 rings (SSSR count). The van der Waals surface area contributed by atoms with Crippen molar-refractivity contribution >= 4 is 47.8 Å². The third kappa shape index (κ3) is 6.41. The van der Waals surface area contributed by atoms with Gasteiger partial charge in [0.15, 0.2) is 0 Å². The fourth-order valence-electron chi connectivity index (χ4n) is 1.03. The van der Waals surface area contributed by atoms with Crippen LogP contribution in [0.1, 0.15) is 11.1 Å². The zero-order chi connectivity index (χ0) is 11.3. The van der Waals surface area contributed by atoms with Crippen molar-refractivity contribution in [2.75, 3.05) is 0 Å². The summed E-state index contributed by atoms with van der Waals surface area (Å²) in [5, 5.41) is 0. The maximum atomic E-state index is 3.40. The van der Waals surface area contributed by atoms with Crippen molar-refractivity contribution in [3.63, 3.8) is 0 Å². The van der Waals surface area contributed by atoms with Gasteiger partial charge in [-0.25, -0.2) is 24.3 Å². The van der Waals surface area contributed by atoms with E-state index in [4.69, 9.17) is 0 Å². The Bertz CT molecular complexity index is 357. The van der Waals surface area contributed by atoms with Crippen molar-refractivity contribution in [2.45, 2.75) is 9.07 Å². The first kappa shape index (κ1) is 16.7. The molecule has 16 heavy (non-hydrogen) atoms. The van der Waals surface area contributed by atoms with Crippen molar-refractivity contribution < 1.29 is 17.1 Å². The smallest absolute Gasteiger partial charge is 0.213 e. The second-order valence-electron chi connectivity index (χ2n) is 3.13. The van der Waals surface area contributed by atoms with E-state index in [1.54, 1.807) is 0 Å². The molecule has 2 aromatic rings. The van der Waals surface area contributed by atoms with Gasteiger partial charge in [-0.2, -0.15) is 29.8 Å². The molecule has 0 saturated carbocycles. The van der Waals surface area contributed by atoms with Gasteiger partial charge in [-0.05, 0) is 0 Å². The van der Waals surface area contributed by atoms with Crippen LogP contribution in [0.5, 0.6) is 0 Å². The molecule has 88 valence electrons. The summed E-state index contributed by atoms with van der Waals surface area (Å²) in [7, 11) is 0. The van der Waals surface area contributed by atoms with Gasteiger partial charge in [0.2, 0.25) is 0 Å². The zero-order valence-electron chi connectivity index (χ0n) is 8.61. The van der Waals surface area contributed by atoms with Crippen LogP contribution in [0.4, 0.5) is 0 Å². The minimum Gasteiger partial charge on any atom is -0.213 e. The molecular formula is C12H11Br3Fe. The van der Waals surface area contributed by atoms with E-state index in [1.807, 2.05) is 36.4 Å². The molecule has 0 spiro atoms. The minimum absolute atomic E-state index is 0. The molecule has 0 fully saturated rings. The third-order valence-electron chi connectivity index (χ3n) is 1.82. The predicted molar refractivity (Wildman–Crippen MR) is 77.3 cm³/mol. The van der Waals surface area contributed by atoms with Crippen LogP contribution in [0, 0.1) is 6.92 Å². The van der Waals surface area contributed by atoms with Gasteiger partial charge in [-0.3, -0.25) is 0 Å². The predicted octanol–water partition coefficient (Wildman–Crippen LogP) is 5.41. The largest absolute Gasteiger partial charge is 2.00 e. The Morgan fingerprint density at radius 1 is 1.00 bits per heavy atom. The standard InChI is InChI=1S/C6H4Br3.C6H7.Fe/c7-6(8,9)5-3-1-2-4-5;1-6-4-2-3-5-6;/h1-4H;2-5H,1H3;/q2*-1;+2. The summed E-state index contributed by atoms with van der Waals surface area (Å²) in [6.45, 7) is 2.08. The minimum atomic E-state index is -0.240. The number of halogens is 3. The number of aryl methyl sites for hydroxylation is 1. The Morgan fingerprint density at radius 2 is 1.56 bits per heavy atom. The average molecular weight is 451 g/mol. The Hall–Kier alpha value is 0.659. The molecule has 4 heteroatoms. The van der Waals surface area contributed by atoms with Crippen LogP contribution in [0.15, 0.2) is 48.5 Å². The van der Waals surface area contributed by atoms with E-state index >= 15 is 0 Å². The number of rotatable bonds is 0. The normalized spacial score (nSPS) is 10.0. The molecule has 0 bridgehead atoms. The van der Waals surface area contributed by atoms with Crippen LogP contribution < -0.4 is 0 Å². The summed E-state index contributed by atoms with van der Waals surface area (Å²) in [4.78, 5) is 0. The van der Waals surface area contributed by atoms with Gasteiger partial charge in [0.1, 0.15) is 2.14 Å². The van der Waals surface area contributed by atoms with Gasteiger partial charge in [-0.1, -0.05) is 54.7 Å². The monoisotopic (exact) mass is 448 g/mol. The Kier molecular flexibility index (Phi) is 8.21. The first-order chi connectivity index (χ1) is 7.00. The van der Waals surface area contributed by atoms with Crippen LogP contribution in [0.25, 0.3) is 0 Å². The van der Waals surface area contributed by atoms with Crippen LogP contribution in [-0.4, -0.2) is 0 Å². The van der Waals surface area contributed by atoms with E-state index in [2.05, 4.69) is 66.8 Å². The van der Waals surface area contributed by atoms with E-state index in [9.17, 15) is 0 Å². The summed E-state index contributed by atoms with van der Waals surface area (Å²) in [5.74, 6) is 0. The molecule has 0 saturated heterocycles. The van der Waals surface area contributed by atoms with Gasteiger partial charge in [0.25, 0.3) is 0 Å². The number of hydrogen-bond acceptors (Lipinski definition) is 0. The molecule has 0 N–H and O–H groups in total. The summed E-state index contributed by atoms with van der Waals surface area (Å²) in [5.41, 5.74) is 2.51. The molecule has 0 radical (unpaired) electrons. The zero-order valence-corrected chi connectivity index (χ0v) is 14.5. The molecule has 0 aromatic heterocycles. The molecule has 0 nitrogen and oxygen atoms in total. The van der Waals surface area contributed by atoms with Crippen molar-refractivity contribution in [1.82, 2.24) is 0 Å². The first-order valence-electron chi connectivity index (χ1n) is 4.47. The maximum Gasteiger partial charge on any atom is 2.00 e. The van der Waals surface area contributed by atoms with Crippen molar-refractivity contribution in [2.24, 2.45) is 0 Å². The molecule has 0 unspecified atom stereocenters. The fourth-order valence-corrected chi connectivity index (χ4v) is 1.83. The van der Waals surface area contributed by atoms with Crippen LogP contribution in [0.3, 0.4) is 0 Å². The van der Waals surface area contributed by atoms with Crippen LogP contribution in [-0.2, 0) is 19.2 Å². The SMILES string of the molecule is BrC(Br)(Br)c1ccc[cH-]1.Cc1ccc[cH-]1.[Fe+2]. The van der Waals surface area contributed by atoms with Gasteiger partial charge >= 0.3 is 17.1 Å². The molecule has 0 aliphatic heterocycles. The summed E-state index contributed by atoms with van der Waals surface area (Å²) in [6, 6.07) is 16.3. The number of alkyl halides is 3. The average Bonchev–Trinajstić information content (AvgIpc) is 2.73. The Balaban J connectivity index is 0.000000283. The number of hydrogen-bond donors (Lipinski definition) is 0. The molecule has 0 aliphatic carbocycles. The van der Waals surface area contributed by atoms with Gasteiger partial charge in [0, 0.05) is 0 Å². The van der Waals surface area contributed by atoms with E-state index in [1.165, 1.54) is 11.1 Å². The Morgan fingerprint density at radius 3 is 1.75 bits per heavy atom. The van der Waals surface area contributed by atoms with Gasteiger partial charge in [0.05, 0.1) is 0 Å². The van der Waals surface area contributed by atoms with E-state index in [0.29, 0.717) is 0 Å². The fraction of sp³-hybridized carbons (Fsp3) is 0.167. The summed E-state index contributed by atoms with van der Waals surface area (Å²) in [6.07, 6.45) is 0. The van der Waals surface area contributed by atoms with Gasteiger partial charge < -0.3 is 0 Å². The molecule has 0 heterocycles. The molecule has 2 aromatic carbocycles. The second-order valence-corrected chi connectivity index (χ2v) is 9.89. The van der Waals surface area contributed by atoms with E-state index in [0.717, 1.165) is 0 Å². The van der Waals surface area contributed by atoms with E-state index < -0.39 is 0 Å². The molecule has 0 atom stereocenters. The van der Waals surface area contributed by atoms with Crippen LogP contribution in [0.2, 0.25) is 0 Å². The maximum absolute atomic E-state index is 3.40. The van der Waals surface area contributed by atoms with E-state index in [-0.39, 0.29) is 19.2 Å². The summed E-state index contributed by atoms with van der Waals surface area (Å²) >= 11 is 10.2. The second kappa shape index (κ2) is 7.88. The van der Waals surface area contributed by atoms with Crippen molar-refractivity contribution in [1.29, 1.82) is 0 Å². The molecular weight excluding hydrogens is 440 g/mol. The third-order valence-corrected chi connectivity index (χ3v) is 3.19. The van der Waals surface area contributed by atoms with Crippen LogP contribution >= 0.6 is 47.8 Å². The summed E-state index contributed by atoms with van der Waals surface area (Å²) < 4.78 is -0.240. The first-order valence-corrected chi connectivity index (χ1v) is 6.85. The Labute approximate surface area is 132 Å². The topological polar surface area (TPSA) is 0 Å².